The Bertz CT molecular complexity index is 438. The van der Waals surface area contributed by atoms with Gasteiger partial charge in [0.2, 0.25) is 5.95 Å². The van der Waals surface area contributed by atoms with Crippen LogP contribution in [0.25, 0.3) is 0 Å². The summed E-state index contributed by atoms with van der Waals surface area (Å²) in [6, 6.07) is 0. The number of ether oxygens (including phenoxy) is 1. The predicted octanol–water partition coefficient (Wildman–Crippen LogP) is 0.917. The molecule has 0 aliphatic carbocycles. The first-order valence-corrected chi connectivity index (χ1v) is 7.35. The van der Waals surface area contributed by atoms with Crippen molar-refractivity contribution in [3.63, 3.8) is 0 Å². The molecular formula is C12H23N4O2P. The Morgan fingerprint density at radius 2 is 2.26 bits per heavy atom. The van der Waals surface area contributed by atoms with Crippen LogP contribution in [0.5, 0.6) is 0 Å². The van der Waals surface area contributed by atoms with Gasteiger partial charge in [-0.25, -0.2) is 9.78 Å². The average Bonchev–Trinajstić information content (AvgIpc) is 2.40. The number of nitrogen functional groups attached to an aromatic ring is 1. The fraction of sp³-hybridized carbons (Fsp3) is 0.750. The van der Waals surface area contributed by atoms with Crippen molar-refractivity contribution in [3.8, 4) is 0 Å². The molecule has 0 aliphatic heterocycles. The maximum absolute atomic E-state index is 11.6. The molecule has 6 nitrogen and oxygen atoms in total. The van der Waals surface area contributed by atoms with E-state index in [-0.39, 0.29) is 17.7 Å². The van der Waals surface area contributed by atoms with Crippen molar-refractivity contribution >= 4 is 15.2 Å². The van der Waals surface area contributed by atoms with Gasteiger partial charge in [0.15, 0.2) is 0 Å². The van der Waals surface area contributed by atoms with Crippen LogP contribution in [-0.2, 0) is 11.3 Å². The van der Waals surface area contributed by atoms with Gasteiger partial charge in [0.25, 0.3) is 0 Å². The molecule has 0 radical (unpaired) electrons. The summed E-state index contributed by atoms with van der Waals surface area (Å²) < 4.78 is 7.02. The minimum absolute atomic E-state index is 0.0181. The van der Waals surface area contributed by atoms with Crippen LogP contribution in [0.15, 0.2) is 11.1 Å². The monoisotopic (exact) mass is 286 g/mol. The standard InChI is InChI=1S/C12H23N4O2P/c1-3-4-10(18-2)9(7-19)5-6-16-8-14-11(13)15-12(16)17/h8-10H,3-7,19H2,1-2H3,(H2,13,15,17). The van der Waals surface area contributed by atoms with E-state index < -0.39 is 0 Å². The summed E-state index contributed by atoms with van der Waals surface area (Å²) >= 11 is 0. The highest BCUT2D eigenvalue weighted by Crippen LogP contribution is 2.19. The number of methoxy groups -OCH3 is 1. The lowest BCUT2D eigenvalue weighted by atomic mass is 9.97. The van der Waals surface area contributed by atoms with Crippen molar-refractivity contribution < 1.29 is 4.74 Å². The fourth-order valence-corrected chi connectivity index (χ4v) is 2.65. The third-order valence-corrected chi connectivity index (χ3v) is 3.84. The second-order valence-electron chi connectivity index (χ2n) is 4.54. The zero-order chi connectivity index (χ0) is 14.3. The van der Waals surface area contributed by atoms with Crippen molar-refractivity contribution in [2.45, 2.75) is 38.8 Å². The maximum Gasteiger partial charge on any atom is 0.352 e. The second kappa shape index (κ2) is 8.23. The summed E-state index contributed by atoms with van der Waals surface area (Å²) in [6.45, 7) is 2.73. The van der Waals surface area contributed by atoms with E-state index in [0.717, 1.165) is 25.4 Å². The molecule has 0 amide bonds. The number of rotatable bonds is 8. The minimum Gasteiger partial charge on any atom is -0.381 e. The molecule has 3 atom stereocenters. The van der Waals surface area contributed by atoms with Gasteiger partial charge in [-0.05, 0) is 24.9 Å². The fourth-order valence-electron chi connectivity index (χ4n) is 2.11. The van der Waals surface area contributed by atoms with E-state index in [1.165, 1.54) is 10.9 Å². The zero-order valence-corrected chi connectivity index (χ0v) is 12.7. The number of anilines is 1. The minimum atomic E-state index is -0.348. The SMILES string of the molecule is CCCC(OC)C(CP)CCn1cnc(N)nc1=O. The largest absolute Gasteiger partial charge is 0.381 e. The Kier molecular flexibility index (Phi) is 6.95. The van der Waals surface area contributed by atoms with Crippen LogP contribution < -0.4 is 11.4 Å². The number of hydrogen-bond acceptors (Lipinski definition) is 5. The van der Waals surface area contributed by atoms with Gasteiger partial charge in [-0.3, -0.25) is 4.57 Å². The second-order valence-corrected chi connectivity index (χ2v) is 5.01. The summed E-state index contributed by atoms with van der Waals surface area (Å²) in [7, 11) is 4.50. The van der Waals surface area contributed by atoms with E-state index in [4.69, 9.17) is 10.5 Å². The van der Waals surface area contributed by atoms with Crippen LogP contribution in [0.3, 0.4) is 0 Å². The van der Waals surface area contributed by atoms with Gasteiger partial charge < -0.3 is 10.5 Å². The zero-order valence-electron chi connectivity index (χ0n) is 11.6. The third-order valence-electron chi connectivity index (χ3n) is 3.23. The van der Waals surface area contributed by atoms with Gasteiger partial charge in [-0.15, -0.1) is 9.24 Å². The van der Waals surface area contributed by atoms with E-state index in [1.54, 1.807) is 7.11 Å². The van der Waals surface area contributed by atoms with Gasteiger partial charge in [0, 0.05) is 13.7 Å². The summed E-state index contributed by atoms with van der Waals surface area (Å²) in [5.74, 6) is 0.420. The van der Waals surface area contributed by atoms with Crippen LogP contribution in [0.4, 0.5) is 5.95 Å². The van der Waals surface area contributed by atoms with E-state index in [0.29, 0.717) is 12.5 Å². The lowest BCUT2D eigenvalue weighted by Crippen LogP contribution is -2.29. The highest BCUT2D eigenvalue weighted by Gasteiger charge is 2.19. The molecule has 0 bridgehead atoms. The lowest BCUT2D eigenvalue weighted by molar-refractivity contribution is 0.0481. The van der Waals surface area contributed by atoms with Gasteiger partial charge in [-0.1, -0.05) is 13.3 Å². The Labute approximate surface area is 116 Å². The summed E-state index contributed by atoms with van der Waals surface area (Å²) in [4.78, 5) is 19.1. The molecular weight excluding hydrogens is 263 g/mol. The normalized spacial score (nSPS) is 14.3. The van der Waals surface area contributed by atoms with E-state index in [9.17, 15) is 4.79 Å². The van der Waals surface area contributed by atoms with E-state index >= 15 is 0 Å². The van der Waals surface area contributed by atoms with Crippen molar-refractivity contribution in [1.29, 1.82) is 0 Å². The molecule has 0 spiro atoms. The Hall–Kier alpha value is -1.00. The van der Waals surface area contributed by atoms with Crippen LogP contribution >= 0.6 is 9.24 Å². The van der Waals surface area contributed by atoms with Crippen molar-refractivity contribution in [2.75, 3.05) is 19.0 Å². The predicted molar refractivity (Wildman–Crippen MR) is 79.1 cm³/mol. The molecule has 0 saturated carbocycles. The molecule has 1 aromatic rings. The molecule has 0 fully saturated rings. The first-order chi connectivity index (χ1) is 9.12. The van der Waals surface area contributed by atoms with E-state index in [1.807, 2.05) is 0 Å². The lowest BCUT2D eigenvalue weighted by Gasteiger charge is -2.24. The molecule has 0 saturated heterocycles. The van der Waals surface area contributed by atoms with Crippen molar-refractivity contribution in [1.82, 2.24) is 14.5 Å². The molecule has 3 unspecified atom stereocenters. The van der Waals surface area contributed by atoms with E-state index in [2.05, 4.69) is 26.1 Å². The number of hydrogen-bond donors (Lipinski definition) is 1. The Balaban J connectivity index is 2.64. The topological polar surface area (TPSA) is 83.0 Å². The summed E-state index contributed by atoms with van der Waals surface area (Å²) in [5, 5.41) is 0. The first-order valence-electron chi connectivity index (χ1n) is 6.54. The molecule has 19 heavy (non-hydrogen) atoms. The quantitative estimate of drug-likeness (QED) is 0.718. The molecule has 1 rings (SSSR count). The third kappa shape index (κ3) is 4.88. The number of nitrogens with two attached hydrogens (primary N) is 1. The molecule has 0 aliphatic rings. The van der Waals surface area contributed by atoms with Gasteiger partial charge in [-0.2, -0.15) is 4.98 Å². The number of aryl methyl sites for hydroxylation is 1. The molecule has 7 heteroatoms. The van der Waals surface area contributed by atoms with Crippen LogP contribution in [-0.4, -0.2) is 33.9 Å². The number of aromatic nitrogens is 3. The molecule has 1 aromatic heterocycles. The average molecular weight is 286 g/mol. The van der Waals surface area contributed by atoms with Crippen LogP contribution in [0, 0.1) is 5.92 Å². The molecule has 108 valence electrons. The molecule has 0 aromatic carbocycles. The molecule has 1 heterocycles. The summed E-state index contributed by atoms with van der Waals surface area (Å²) in [5.41, 5.74) is 5.01. The highest BCUT2D eigenvalue weighted by molar-refractivity contribution is 7.16. The van der Waals surface area contributed by atoms with Gasteiger partial charge in [0.1, 0.15) is 6.33 Å². The molecule has 2 N–H and O–H groups in total. The maximum atomic E-state index is 11.6. The van der Waals surface area contributed by atoms with Gasteiger partial charge >= 0.3 is 5.69 Å². The van der Waals surface area contributed by atoms with Gasteiger partial charge in [0.05, 0.1) is 6.10 Å². The number of nitrogens with zero attached hydrogens (tertiary/aromatic N) is 3. The van der Waals surface area contributed by atoms with Crippen LogP contribution in [0.1, 0.15) is 26.2 Å². The highest BCUT2D eigenvalue weighted by atomic mass is 31.0. The van der Waals surface area contributed by atoms with Crippen LogP contribution in [0.2, 0.25) is 0 Å². The Morgan fingerprint density at radius 1 is 1.53 bits per heavy atom. The summed E-state index contributed by atoms with van der Waals surface area (Å²) in [6.07, 6.45) is 5.60. The smallest absolute Gasteiger partial charge is 0.352 e. The Morgan fingerprint density at radius 3 is 2.79 bits per heavy atom. The van der Waals surface area contributed by atoms with Crippen molar-refractivity contribution in [2.24, 2.45) is 5.92 Å². The first kappa shape index (κ1) is 16.1. The van der Waals surface area contributed by atoms with Crippen molar-refractivity contribution in [3.05, 3.63) is 16.8 Å².